The SMILES string of the molecule is Cc1ccc(N(C)c2ccc(C(C)c3ccccc3)cc2)cc1.Cc1ccc(N(c2ccc(C)cc2)c2ccc(C(C)c3ccccc3)cc2)cc1. The van der Waals surface area contributed by atoms with Crippen LogP contribution in [0.1, 0.15) is 64.6 Å². The topological polar surface area (TPSA) is 6.48 Å². The molecule has 0 fully saturated rings. The number of anilines is 5. The van der Waals surface area contributed by atoms with E-state index in [9.17, 15) is 0 Å². The minimum Gasteiger partial charge on any atom is -0.345 e. The van der Waals surface area contributed by atoms with Gasteiger partial charge in [-0.05, 0) is 104 Å². The van der Waals surface area contributed by atoms with Gasteiger partial charge >= 0.3 is 0 Å². The average molecular weight is 679 g/mol. The van der Waals surface area contributed by atoms with Crippen molar-refractivity contribution >= 4 is 28.4 Å². The molecule has 2 unspecified atom stereocenters. The Labute approximate surface area is 311 Å². The van der Waals surface area contributed by atoms with Crippen LogP contribution in [0, 0.1) is 20.8 Å². The molecule has 0 amide bonds. The predicted octanol–water partition coefficient (Wildman–Crippen LogP) is 13.8. The molecule has 260 valence electrons. The van der Waals surface area contributed by atoms with Gasteiger partial charge < -0.3 is 9.80 Å². The predicted molar refractivity (Wildman–Crippen MR) is 224 cm³/mol. The van der Waals surface area contributed by atoms with Crippen molar-refractivity contribution in [1.82, 2.24) is 0 Å². The molecule has 7 rings (SSSR count). The summed E-state index contributed by atoms with van der Waals surface area (Å²) in [7, 11) is 2.11. The lowest BCUT2D eigenvalue weighted by molar-refractivity contribution is 0.922. The van der Waals surface area contributed by atoms with Crippen molar-refractivity contribution in [2.24, 2.45) is 0 Å². The highest BCUT2D eigenvalue weighted by atomic mass is 15.1. The molecule has 0 heterocycles. The number of hydrogen-bond donors (Lipinski definition) is 0. The third-order valence-electron chi connectivity index (χ3n) is 10.0. The van der Waals surface area contributed by atoms with Crippen molar-refractivity contribution in [2.75, 3.05) is 16.8 Å². The summed E-state index contributed by atoms with van der Waals surface area (Å²) in [6.07, 6.45) is 0. The van der Waals surface area contributed by atoms with Crippen molar-refractivity contribution in [3.63, 3.8) is 0 Å². The van der Waals surface area contributed by atoms with Gasteiger partial charge in [-0.3, -0.25) is 0 Å². The van der Waals surface area contributed by atoms with E-state index in [0.717, 1.165) is 0 Å². The van der Waals surface area contributed by atoms with Gasteiger partial charge in [-0.25, -0.2) is 0 Å². The van der Waals surface area contributed by atoms with Gasteiger partial charge in [0.1, 0.15) is 0 Å². The van der Waals surface area contributed by atoms with Crippen LogP contribution in [-0.2, 0) is 0 Å². The van der Waals surface area contributed by atoms with E-state index in [1.54, 1.807) is 0 Å². The maximum atomic E-state index is 2.32. The number of hydrogen-bond acceptors (Lipinski definition) is 2. The lowest BCUT2D eigenvalue weighted by atomic mass is 9.93. The van der Waals surface area contributed by atoms with Crippen LogP contribution in [0.4, 0.5) is 28.4 Å². The molecular weight excluding hydrogens is 629 g/mol. The molecular formula is C50H50N2. The fraction of sp³-hybridized carbons (Fsp3) is 0.160. The molecule has 0 spiro atoms. The third-order valence-corrected chi connectivity index (χ3v) is 10.0. The molecule has 2 atom stereocenters. The van der Waals surface area contributed by atoms with Gasteiger partial charge in [0, 0.05) is 47.3 Å². The van der Waals surface area contributed by atoms with Gasteiger partial charge in [0.15, 0.2) is 0 Å². The fourth-order valence-electron chi connectivity index (χ4n) is 6.52. The van der Waals surface area contributed by atoms with Gasteiger partial charge in [-0.2, -0.15) is 0 Å². The molecule has 0 N–H and O–H groups in total. The molecule has 52 heavy (non-hydrogen) atoms. The zero-order chi connectivity index (χ0) is 36.5. The quantitative estimate of drug-likeness (QED) is 0.150. The standard InChI is InChI=1S/C28H27N.C22H23N/c1-21-9-15-26(16-10-21)29(27-17-11-22(2)12-18-27)28-19-13-25(14-20-28)23(3)24-7-5-4-6-8-24;1-17-9-13-21(14-10-17)23(3)22-15-11-20(12-16-22)18(2)19-7-5-4-6-8-19/h4-20,23H,1-3H3;4-16,18H,1-3H3. The Balaban J connectivity index is 0.000000183. The molecule has 0 saturated carbocycles. The summed E-state index contributed by atoms with van der Waals surface area (Å²) in [4.78, 5) is 4.53. The summed E-state index contributed by atoms with van der Waals surface area (Å²) in [6, 6.07) is 65.2. The van der Waals surface area contributed by atoms with E-state index >= 15 is 0 Å². The highest BCUT2D eigenvalue weighted by molar-refractivity contribution is 5.76. The van der Waals surface area contributed by atoms with Crippen LogP contribution in [0.5, 0.6) is 0 Å². The van der Waals surface area contributed by atoms with Crippen molar-refractivity contribution in [3.05, 3.63) is 221 Å². The van der Waals surface area contributed by atoms with Crippen LogP contribution in [0.2, 0.25) is 0 Å². The van der Waals surface area contributed by atoms with Crippen LogP contribution in [0.3, 0.4) is 0 Å². The van der Waals surface area contributed by atoms with Crippen molar-refractivity contribution in [1.29, 1.82) is 0 Å². The van der Waals surface area contributed by atoms with Crippen LogP contribution in [0.15, 0.2) is 182 Å². The third kappa shape index (κ3) is 8.89. The zero-order valence-electron chi connectivity index (χ0n) is 31.4. The largest absolute Gasteiger partial charge is 0.345 e. The molecule has 2 nitrogen and oxygen atoms in total. The smallest absolute Gasteiger partial charge is 0.0461 e. The molecule has 0 aliphatic rings. The summed E-state index contributed by atoms with van der Waals surface area (Å²) in [5, 5.41) is 0. The minimum absolute atomic E-state index is 0.373. The summed E-state index contributed by atoms with van der Waals surface area (Å²) in [5.41, 5.74) is 15.1. The van der Waals surface area contributed by atoms with Gasteiger partial charge in [0.25, 0.3) is 0 Å². The van der Waals surface area contributed by atoms with E-state index in [0.29, 0.717) is 11.8 Å². The van der Waals surface area contributed by atoms with Gasteiger partial charge in [0.2, 0.25) is 0 Å². The second-order valence-electron chi connectivity index (χ2n) is 13.8. The van der Waals surface area contributed by atoms with E-state index in [2.05, 4.69) is 233 Å². The number of benzene rings is 7. The average Bonchev–Trinajstić information content (AvgIpc) is 3.20. The van der Waals surface area contributed by atoms with Crippen molar-refractivity contribution in [2.45, 2.75) is 46.5 Å². The molecule has 0 aliphatic carbocycles. The molecule has 0 bridgehead atoms. The van der Waals surface area contributed by atoms with Crippen LogP contribution in [-0.4, -0.2) is 7.05 Å². The molecule has 0 saturated heterocycles. The van der Waals surface area contributed by atoms with Crippen LogP contribution < -0.4 is 9.80 Å². The number of rotatable bonds is 9. The first kappa shape index (κ1) is 35.9. The van der Waals surface area contributed by atoms with Gasteiger partial charge in [-0.15, -0.1) is 0 Å². The lowest BCUT2D eigenvalue weighted by Crippen LogP contribution is -2.10. The molecule has 0 radical (unpaired) electrons. The minimum atomic E-state index is 0.373. The maximum absolute atomic E-state index is 2.32. The molecule has 7 aromatic carbocycles. The number of aryl methyl sites for hydroxylation is 3. The summed E-state index contributed by atoms with van der Waals surface area (Å²) >= 11 is 0. The van der Waals surface area contributed by atoms with E-state index in [4.69, 9.17) is 0 Å². The maximum Gasteiger partial charge on any atom is 0.0461 e. The Morgan fingerprint density at radius 2 is 0.558 bits per heavy atom. The molecule has 7 aromatic rings. The molecule has 0 aliphatic heterocycles. The van der Waals surface area contributed by atoms with Gasteiger partial charge in [-0.1, -0.05) is 152 Å². The summed E-state index contributed by atoms with van der Waals surface area (Å²) in [6.45, 7) is 10.9. The second kappa shape index (κ2) is 16.9. The Hall–Kier alpha value is -5.86. The summed E-state index contributed by atoms with van der Waals surface area (Å²) in [5.74, 6) is 0.785. The van der Waals surface area contributed by atoms with E-state index < -0.39 is 0 Å². The Morgan fingerprint density at radius 3 is 0.885 bits per heavy atom. The first-order valence-corrected chi connectivity index (χ1v) is 18.3. The van der Waals surface area contributed by atoms with E-state index in [1.807, 2.05) is 0 Å². The van der Waals surface area contributed by atoms with Crippen LogP contribution in [0.25, 0.3) is 0 Å². The van der Waals surface area contributed by atoms with Crippen molar-refractivity contribution in [3.8, 4) is 0 Å². The normalized spacial score (nSPS) is 11.9. The van der Waals surface area contributed by atoms with E-state index in [1.165, 1.54) is 67.4 Å². The van der Waals surface area contributed by atoms with E-state index in [-0.39, 0.29) is 0 Å². The Morgan fingerprint density at radius 1 is 0.308 bits per heavy atom. The Bertz CT molecular complexity index is 2060. The highest BCUT2D eigenvalue weighted by Gasteiger charge is 2.14. The number of nitrogens with zero attached hydrogens (tertiary/aromatic N) is 2. The van der Waals surface area contributed by atoms with Gasteiger partial charge in [0.05, 0.1) is 0 Å². The Kier molecular flexibility index (Phi) is 11.7. The highest BCUT2D eigenvalue weighted by Crippen LogP contribution is 2.36. The van der Waals surface area contributed by atoms with Crippen LogP contribution >= 0.6 is 0 Å². The monoisotopic (exact) mass is 678 g/mol. The first-order chi connectivity index (χ1) is 25.3. The zero-order valence-corrected chi connectivity index (χ0v) is 31.4. The molecule has 0 aromatic heterocycles. The fourth-order valence-corrected chi connectivity index (χ4v) is 6.52. The first-order valence-electron chi connectivity index (χ1n) is 18.3. The summed E-state index contributed by atoms with van der Waals surface area (Å²) < 4.78 is 0. The second-order valence-corrected chi connectivity index (χ2v) is 13.8. The molecule has 2 heteroatoms. The lowest BCUT2D eigenvalue weighted by Gasteiger charge is -2.26. The van der Waals surface area contributed by atoms with Crippen molar-refractivity contribution < 1.29 is 0 Å².